The van der Waals surface area contributed by atoms with Crippen LogP contribution in [-0.2, 0) is 6.54 Å². The molecular weight excluding hydrogens is 306 g/mol. The van der Waals surface area contributed by atoms with Crippen molar-refractivity contribution in [2.24, 2.45) is 0 Å². The van der Waals surface area contributed by atoms with Gasteiger partial charge in [0.1, 0.15) is 11.6 Å². The number of piperidine rings is 1. The van der Waals surface area contributed by atoms with Gasteiger partial charge in [0.05, 0.1) is 12.7 Å². The highest BCUT2D eigenvalue weighted by atomic mass is 16.3. The molecule has 7 nitrogen and oxygen atoms in total. The van der Waals surface area contributed by atoms with Crippen LogP contribution >= 0.6 is 0 Å². The SMILES string of the molecule is CCn1ncc(C(=O)N2CCCCC2c2nc3ccccc3o2)n1. The number of aromatic nitrogens is 4. The molecule has 0 radical (unpaired) electrons. The number of benzene rings is 1. The van der Waals surface area contributed by atoms with Crippen LogP contribution in [0.25, 0.3) is 11.1 Å². The second-order valence-electron chi connectivity index (χ2n) is 5.95. The number of para-hydroxylation sites is 2. The molecule has 1 aliphatic heterocycles. The highest BCUT2D eigenvalue weighted by molar-refractivity contribution is 5.92. The predicted molar refractivity (Wildman–Crippen MR) is 87.3 cm³/mol. The van der Waals surface area contributed by atoms with E-state index < -0.39 is 0 Å². The Morgan fingerprint density at radius 3 is 3.00 bits per heavy atom. The van der Waals surface area contributed by atoms with Gasteiger partial charge in [0.25, 0.3) is 5.91 Å². The van der Waals surface area contributed by atoms with Gasteiger partial charge in [-0.1, -0.05) is 12.1 Å². The number of carbonyl (C=O) groups excluding carboxylic acids is 1. The monoisotopic (exact) mass is 325 g/mol. The number of nitrogens with zero attached hydrogens (tertiary/aromatic N) is 5. The van der Waals surface area contributed by atoms with Crippen molar-refractivity contribution in [3.05, 3.63) is 42.0 Å². The molecule has 1 saturated heterocycles. The zero-order valence-corrected chi connectivity index (χ0v) is 13.6. The molecule has 1 aliphatic rings. The number of aryl methyl sites for hydroxylation is 1. The van der Waals surface area contributed by atoms with Gasteiger partial charge < -0.3 is 9.32 Å². The molecule has 1 amide bonds. The lowest BCUT2D eigenvalue weighted by Gasteiger charge is -2.33. The third-order valence-corrected chi connectivity index (χ3v) is 4.40. The molecule has 1 unspecified atom stereocenters. The Balaban J connectivity index is 1.66. The van der Waals surface area contributed by atoms with Crippen molar-refractivity contribution in [3.63, 3.8) is 0 Å². The van der Waals surface area contributed by atoms with Crippen LogP contribution in [0.4, 0.5) is 0 Å². The fourth-order valence-corrected chi connectivity index (χ4v) is 3.16. The van der Waals surface area contributed by atoms with E-state index in [9.17, 15) is 4.79 Å². The zero-order chi connectivity index (χ0) is 16.5. The van der Waals surface area contributed by atoms with Gasteiger partial charge in [0.15, 0.2) is 11.3 Å². The Hall–Kier alpha value is -2.70. The maximum atomic E-state index is 12.9. The average Bonchev–Trinajstić information content (AvgIpc) is 3.27. The third-order valence-electron chi connectivity index (χ3n) is 4.40. The van der Waals surface area contributed by atoms with Crippen molar-refractivity contribution in [2.75, 3.05) is 6.54 Å². The zero-order valence-electron chi connectivity index (χ0n) is 13.6. The van der Waals surface area contributed by atoms with Crippen LogP contribution in [0.2, 0.25) is 0 Å². The third kappa shape index (κ3) is 2.55. The van der Waals surface area contributed by atoms with Crippen LogP contribution in [0.15, 0.2) is 34.9 Å². The molecule has 3 aromatic rings. The van der Waals surface area contributed by atoms with Gasteiger partial charge in [-0.25, -0.2) is 4.98 Å². The fourth-order valence-electron chi connectivity index (χ4n) is 3.16. The lowest BCUT2D eigenvalue weighted by atomic mass is 10.0. The Kier molecular flexibility index (Phi) is 3.76. The van der Waals surface area contributed by atoms with Crippen LogP contribution in [0, 0.1) is 0 Å². The highest BCUT2D eigenvalue weighted by Gasteiger charge is 2.33. The molecule has 4 rings (SSSR count). The number of rotatable bonds is 3. The minimum atomic E-state index is -0.148. The highest BCUT2D eigenvalue weighted by Crippen LogP contribution is 2.33. The van der Waals surface area contributed by atoms with E-state index in [0.29, 0.717) is 24.7 Å². The van der Waals surface area contributed by atoms with Gasteiger partial charge >= 0.3 is 0 Å². The molecule has 1 aromatic carbocycles. The van der Waals surface area contributed by atoms with Gasteiger partial charge in [-0.05, 0) is 38.3 Å². The fraction of sp³-hybridized carbons (Fsp3) is 0.412. The molecule has 2 aromatic heterocycles. The summed E-state index contributed by atoms with van der Waals surface area (Å²) in [5, 5.41) is 8.34. The van der Waals surface area contributed by atoms with Crippen LogP contribution < -0.4 is 0 Å². The Labute approximate surface area is 139 Å². The summed E-state index contributed by atoms with van der Waals surface area (Å²) in [5.41, 5.74) is 1.95. The van der Waals surface area contributed by atoms with Crippen molar-refractivity contribution in [1.82, 2.24) is 24.9 Å². The predicted octanol–water partition coefficient (Wildman–Crippen LogP) is 2.81. The Bertz CT molecular complexity index is 836. The number of oxazole rings is 1. The number of likely N-dealkylation sites (tertiary alicyclic amines) is 1. The molecule has 7 heteroatoms. The van der Waals surface area contributed by atoms with Gasteiger partial charge in [-0.2, -0.15) is 9.90 Å². The Morgan fingerprint density at radius 2 is 2.21 bits per heavy atom. The molecule has 0 saturated carbocycles. The first kappa shape index (κ1) is 14.9. The Morgan fingerprint density at radius 1 is 1.33 bits per heavy atom. The second kappa shape index (κ2) is 6.07. The first-order chi connectivity index (χ1) is 11.8. The molecule has 1 fully saturated rings. The quantitative estimate of drug-likeness (QED) is 0.740. The van der Waals surface area contributed by atoms with Crippen molar-refractivity contribution in [1.29, 1.82) is 0 Å². The summed E-state index contributed by atoms with van der Waals surface area (Å²) < 4.78 is 5.90. The van der Waals surface area contributed by atoms with Gasteiger partial charge in [-0.3, -0.25) is 4.79 Å². The summed E-state index contributed by atoms with van der Waals surface area (Å²) >= 11 is 0. The molecule has 0 bridgehead atoms. The number of fused-ring (bicyclic) bond motifs is 1. The summed E-state index contributed by atoms with van der Waals surface area (Å²) in [6.45, 7) is 3.26. The smallest absolute Gasteiger partial charge is 0.276 e. The summed E-state index contributed by atoms with van der Waals surface area (Å²) in [4.78, 5) is 20.8. The standard InChI is InChI=1S/C17H19N5O2/c1-2-22-18-11-13(20-22)17(23)21-10-6-5-8-14(21)16-19-12-7-3-4-9-15(12)24-16/h3-4,7,9,11,14H,2,5-6,8,10H2,1H3. The molecule has 3 heterocycles. The van der Waals surface area contributed by atoms with E-state index in [1.54, 1.807) is 0 Å². The maximum Gasteiger partial charge on any atom is 0.276 e. The van der Waals surface area contributed by atoms with Crippen molar-refractivity contribution >= 4 is 17.0 Å². The molecule has 0 N–H and O–H groups in total. The summed E-state index contributed by atoms with van der Waals surface area (Å²) in [6.07, 6.45) is 4.41. The largest absolute Gasteiger partial charge is 0.438 e. The average molecular weight is 325 g/mol. The van der Waals surface area contributed by atoms with Crippen LogP contribution in [0.5, 0.6) is 0 Å². The van der Waals surface area contributed by atoms with E-state index in [2.05, 4.69) is 15.2 Å². The van der Waals surface area contributed by atoms with Gasteiger partial charge in [0, 0.05) is 6.54 Å². The molecule has 24 heavy (non-hydrogen) atoms. The summed E-state index contributed by atoms with van der Waals surface area (Å²) in [6, 6.07) is 7.52. The summed E-state index contributed by atoms with van der Waals surface area (Å²) in [7, 11) is 0. The first-order valence-corrected chi connectivity index (χ1v) is 8.33. The van der Waals surface area contributed by atoms with E-state index >= 15 is 0 Å². The molecule has 124 valence electrons. The number of carbonyl (C=O) groups is 1. The number of hydrogen-bond donors (Lipinski definition) is 0. The molecule has 0 aliphatic carbocycles. The number of hydrogen-bond acceptors (Lipinski definition) is 5. The lowest BCUT2D eigenvalue weighted by Crippen LogP contribution is -2.39. The minimum Gasteiger partial charge on any atom is -0.438 e. The van der Waals surface area contributed by atoms with Crippen molar-refractivity contribution in [3.8, 4) is 0 Å². The first-order valence-electron chi connectivity index (χ1n) is 8.33. The van der Waals surface area contributed by atoms with E-state index in [-0.39, 0.29) is 11.9 Å². The van der Waals surface area contributed by atoms with Crippen molar-refractivity contribution in [2.45, 2.75) is 38.8 Å². The molecule has 0 spiro atoms. The lowest BCUT2D eigenvalue weighted by molar-refractivity contribution is 0.0567. The van der Waals surface area contributed by atoms with E-state index in [0.717, 1.165) is 30.4 Å². The van der Waals surface area contributed by atoms with E-state index in [1.165, 1.54) is 11.0 Å². The minimum absolute atomic E-state index is 0.110. The number of amides is 1. The second-order valence-corrected chi connectivity index (χ2v) is 5.95. The molecular formula is C17H19N5O2. The van der Waals surface area contributed by atoms with Gasteiger partial charge in [-0.15, -0.1) is 5.10 Å². The van der Waals surface area contributed by atoms with Gasteiger partial charge in [0.2, 0.25) is 5.89 Å². The van der Waals surface area contributed by atoms with Crippen LogP contribution in [0.3, 0.4) is 0 Å². The van der Waals surface area contributed by atoms with Crippen molar-refractivity contribution < 1.29 is 9.21 Å². The normalized spacial score (nSPS) is 18.2. The van der Waals surface area contributed by atoms with Crippen LogP contribution in [0.1, 0.15) is 48.6 Å². The summed E-state index contributed by atoms with van der Waals surface area (Å²) in [5.74, 6) is 0.494. The molecule has 1 atom stereocenters. The van der Waals surface area contributed by atoms with E-state index in [4.69, 9.17) is 4.42 Å². The topological polar surface area (TPSA) is 77.0 Å². The maximum absolute atomic E-state index is 12.9. The van der Waals surface area contributed by atoms with E-state index in [1.807, 2.05) is 36.1 Å². The van der Waals surface area contributed by atoms with Crippen LogP contribution in [-0.4, -0.2) is 37.3 Å².